The van der Waals surface area contributed by atoms with Crippen molar-refractivity contribution in [3.63, 3.8) is 0 Å². The number of H-pyrrole nitrogens is 1. The zero-order chi connectivity index (χ0) is 27.6. The quantitative estimate of drug-likeness (QED) is 0.337. The molecule has 0 saturated carbocycles. The number of ether oxygens (including phenoxy) is 3. The summed E-state index contributed by atoms with van der Waals surface area (Å²) >= 11 is 0. The molecule has 1 aromatic heterocycles. The molecule has 39 heavy (non-hydrogen) atoms. The van der Waals surface area contributed by atoms with Crippen LogP contribution in [0.5, 0.6) is 5.75 Å². The Hall–Kier alpha value is -4.05. The van der Waals surface area contributed by atoms with Gasteiger partial charge in [-0.15, -0.1) is 0 Å². The summed E-state index contributed by atoms with van der Waals surface area (Å²) in [7, 11) is 1.59. The third kappa shape index (κ3) is 4.92. The van der Waals surface area contributed by atoms with Crippen LogP contribution in [0.3, 0.4) is 0 Å². The van der Waals surface area contributed by atoms with Crippen LogP contribution in [0.15, 0.2) is 101 Å². The highest BCUT2D eigenvalue weighted by molar-refractivity contribution is 5.48. The van der Waals surface area contributed by atoms with E-state index in [0.717, 1.165) is 21.3 Å². The third-order valence-electron chi connectivity index (χ3n) is 7.04. The molecular weight excluding hydrogens is 503 g/mol. The molecular formula is C30H29FN2O6. The van der Waals surface area contributed by atoms with E-state index in [0.29, 0.717) is 5.75 Å². The number of nitrogens with one attached hydrogen (secondary N) is 1. The monoisotopic (exact) mass is 532 g/mol. The van der Waals surface area contributed by atoms with E-state index in [1.54, 1.807) is 7.11 Å². The van der Waals surface area contributed by atoms with Gasteiger partial charge < -0.3 is 19.3 Å². The predicted molar refractivity (Wildman–Crippen MR) is 143 cm³/mol. The van der Waals surface area contributed by atoms with Gasteiger partial charge in [0, 0.05) is 11.8 Å². The first-order valence-electron chi connectivity index (χ1n) is 12.5. The summed E-state index contributed by atoms with van der Waals surface area (Å²) in [5.41, 5.74) is 0.0885. The Morgan fingerprint density at radius 1 is 0.949 bits per heavy atom. The van der Waals surface area contributed by atoms with Gasteiger partial charge in [0.25, 0.3) is 5.56 Å². The van der Waals surface area contributed by atoms with Gasteiger partial charge in [0.15, 0.2) is 12.4 Å². The SMILES string of the molecule is COc1ccc(C(OC[C@H]2O[C@@H](n3cc(C)c(=O)[nH]c3=O)[C@@H](F)[C@@H]2O)(c2ccccc2)c2ccccc2)cc1. The summed E-state index contributed by atoms with van der Waals surface area (Å²) in [5.74, 6) is 0.674. The minimum absolute atomic E-state index is 0.203. The van der Waals surface area contributed by atoms with Crippen LogP contribution >= 0.6 is 0 Å². The molecule has 0 aliphatic carbocycles. The fourth-order valence-corrected chi connectivity index (χ4v) is 4.97. The van der Waals surface area contributed by atoms with Crippen molar-refractivity contribution in [3.05, 3.63) is 134 Å². The molecule has 2 N–H and O–H groups in total. The Kier molecular flexibility index (Phi) is 7.47. The standard InChI is InChI=1S/C30H29FN2O6/c1-19-17-33(29(36)32-27(19)35)28-25(31)26(34)24(39-28)18-38-30(20-9-5-3-6-10-20,21-11-7-4-8-12-21)22-13-15-23(37-2)16-14-22/h3-17,24-26,28,34H,18H2,1-2H3,(H,32,35,36)/t24-,25+,26-,28-/m1/s1. The number of aromatic amines is 1. The average Bonchev–Trinajstić information content (AvgIpc) is 3.25. The summed E-state index contributed by atoms with van der Waals surface area (Å²) < 4.78 is 34.2. The van der Waals surface area contributed by atoms with Crippen molar-refractivity contribution < 1.29 is 23.7 Å². The number of benzene rings is 3. The van der Waals surface area contributed by atoms with E-state index < -0.39 is 41.5 Å². The van der Waals surface area contributed by atoms with Crippen LogP contribution in [0.4, 0.5) is 4.39 Å². The van der Waals surface area contributed by atoms with Gasteiger partial charge in [0.05, 0.1) is 13.7 Å². The van der Waals surface area contributed by atoms with Crippen molar-refractivity contribution >= 4 is 0 Å². The molecule has 0 amide bonds. The van der Waals surface area contributed by atoms with E-state index >= 15 is 4.39 Å². The summed E-state index contributed by atoms with van der Waals surface area (Å²) in [6.07, 6.45) is -4.81. The van der Waals surface area contributed by atoms with E-state index in [-0.39, 0.29) is 12.2 Å². The molecule has 0 unspecified atom stereocenters. The molecule has 0 bridgehead atoms. The second-order valence-corrected chi connectivity index (χ2v) is 9.43. The number of alkyl halides is 1. The summed E-state index contributed by atoms with van der Waals surface area (Å²) in [6, 6.07) is 26.6. The molecule has 0 radical (unpaired) electrons. The molecule has 1 aliphatic heterocycles. The largest absolute Gasteiger partial charge is 0.497 e. The Morgan fingerprint density at radius 2 is 1.51 bits per heavy atom. The number of aryl methyl sites for hydroxylation is 1. The van der Waals surface area contributed by atoms with Crippen molar-refractivity contribution in [1.82, 2.24) is 9.55 Å². The van der Waals surface area contributed by atoms with Crippen molar-refractivity contribution in [3.8, 4) is 5.75 Å². The predicted octanol–water partition coefficient (Wildman–Crippen LogP) is 3.46. The zero-order valence-corrected chi connectivity index (χ0v) is 21.5. The molecule has 202 valence electrons. The topological polar surface area (TPSA) is 103 Å². The first kappa shape index (κ1) is 26.6. The maximum absolute atomic E-state index is 15.3. The zero-order valence-electron chi connectivity index (χ0n) is 21.5. The van der Waals surface area contributed by atoms with Crippen LogP contribution in [0, 0.1) is 6.92 Å². The van der Waals surface area contributed by atoms with E-state index in [1.165, 1.54) is 13.1 Å². The van der Waals surface area contributed by atoms with E-state index in [4.69, 9.17) is 14.2 Å². The van der Waals surface area contributed by atoms with Gasteiger partial charge in [-0.05, 0) is 35.7 Å². The molecule has 2 heterocycles. The minimum atomic E-state index is -1.93. The highest BCUT2D eigenvalue weighted by Gasteiger charge is 2.47. The second-order valence-electron chi connectivity index (χ2n) is 9.43. The number of hydrogen-bond acceptors (Lipinski definition) is 6. The number of hydrogen-bond donors (Lipinski definition) is 2. The van der Waals surface area contributed by atoms with E-state index in [1.807, 2.05) is 84.9 Å². The molecule has 3 aromatic carbocycles. The number of nitrogens with zero attached hydrogens (tertiary/aromatic N) is 1. The van der Waals surface area contributed by atoms with E-state index in [2.05, 4.69) is 4.98 Å². The lowest BCUT2D eigenvalue weighted by Crippen LogP contribution is -2.39. The lowest BCUT2D eigenvalue weighted by Gasteiger charge is -2.37. The molecule has 4 atom stereocenters. The molecule has 1 saturated heterocycles. The molecule has 8 nitrogen and oxygen atoms in total. The van der Waals surface area contributed by atoms with Crippen LogP contribution in [-0.2, 0) is 15.1 Å². The second kappa shape index (κ2) is 11.0. The normalized spacial score (nSPS) is 21.1. The number of aliphatic hydroxyl groups is 1. The Balaban J connectivity index is 1.54. The maximum Gasteiger partial charge on any atom is 0.330 e. The molecule has 5 rings (SSSR count). The number of methoxy groups -OCH3 is 1. The maximum atomic E-state index is 15.3. The lowest BCUT2D eigenvalue weighted by atomic mass is 9.80. The van der Waals surface area contributed by atoms with Crippen LogP contribution in [0.1, 0.15) is 28.5 Å². The van der Waals surface area contributed by atoms with Crippen LogP contribution < -0.4 is 16.0 Å². The van der Waals surface area contributed by atoms with Crippen molar-refractivity contribution in [2.45, 2.75) is 37.1 Å². The van der Waals surface area contributed by atoms with Gasteiger partial charge in [-0.2, -0.15) is 0 Å². The number of aromatic nitrogens is 2. The van der Waals surface area contributed by atoms with Crippen molar-refractivity contribution in [1.29, 1.82) is 0 Å². The fourth-order valence-electron chi connectivity index (χ4n) is 4.97. The minimum Gasteiger partial charge on any atom is -0.497 e. The number of rotatable bonds is 8. The third-order valence-corrected chi connectivity index (χ3v) is 7.04. The van der Waals surface area contributed by atoms with Crippen LogP contribution in [0.25, 0.3) is 0 Å². The van der Waals surface area contributed by atoms with Crippen molar-refractivity contribution in [2.24, 2.45) is 0 Å². The highest BCUT2D eigenvalue weighted by Crippen LogP contribution is 2.42. The Bertz CT molecular complexity index is 1480. The number of aliphatic hydroxyl groups excluding tert-OH is 1. The molecule has 4 aromatic rings. The van der Waals surface area contributed by atoms with Gasteiger partial charge in [0.2, 0.25) is 0 Å². The average molecular weight is 533 g/mol. The summed E-state index contributed by atoms with van der Waals surface area (Å²) in [6.45, 7) is 1.29. The Morgan fingerprint density at radius 3 is 2.08 bits per heavy atom. The molecule has 9 heteroatoms. The first-order chi connectivity index (χ1) is 18.8. The molecule has 0 spiro atoms. The van der Waals surface area contributed by atoms with Gasteiger partial charge in [-0.1, -0.05) is 72.8 Å². The van der Waals surface area contributed by atoms with E-state index in [9.17, 15) is 14.7 Å². The Labute approximate surface area is 224 Å². The van der Waals surface area contributed by atoms with Crippen LogP contribution in [-0.4, -0.2) is 46.8 Å². The van der Waals surface area contributed by atoms with Crippen molar-refractivity contribution in [2.75, 3.05) is 13.7 Å². The summed E-state index contributed by atoms with van der Waals surface area (Å²) in [5, 5.41) is 10.8. The number of halogens is 1. The molecule has 1 fully saturated rings. The first-order valence-corrected chi connectivity index (χ1v) is 12.5. The molecule has 1 aliphatic rings. The van der Waals surface area contributed by atoms with Gasteiger partial charge in [0.1, 0.15) is 23.6 Å². The summed E-state index contributed by atoms with van der Waals surface area (Å²) in [4.78, 5) is 26.3. The van der Waals surface area contributed by atoms with Gasteiger partial charge in [-0.3, -0.25) is 14.3 Å². The van der Waals surface area contributed by atoms with Gasteiger partial charge in [-0.25, -0.2) is 9.18 Å². The fraction of sp³-hybridized carbons (Fsp3) is 0.267. The smallest absolute Gasteiger partial charge is 0.330 e. The van der Waals surface area contributed by atoms with Gasteiger partial charge >= 0.3 is 5.69 Å². The lowest BCUT2D eigenvalue weighted by molar-refractivity contribution is -0.0950. The van der Waals surface area contributed by atoms with Crippen LogP contribution in [0.2, 0.25) is 0 Å². The highest BCUT2D eigenvalue weighted by atomic mass is 19.1.